The van der Waals surface area contributed by atoms with Crippen molar-refractivity contribution in [2.45, 2.75) is 12.8 Å². The zero-order valence-corrected chi connectivity index (χ0v) is 13.6. The zero-order valence-electron chi connectivity index (χ0n) is 13.6. The Hall–Kier alpha value is -3.22. The molecule has 0 spiro atoms. The van der Waals surface area contributed by atoms with Crippen molar-refractivity contribution in [3.8, 4) is 5.75 Å². The van der Waals surface area contributed by atoms with Crippen LogP contribution in [0.25, 0.3) is 0 Å². The molecule has 7 nitrogen and oxygen atoms in total. The number of ketones is 1. The second kappa shape index (κ2) is 6.72. The van der Waals surface area contributed by atoms with Gasteiger partial charge in [-0.3, -0.25) is 19.7 Å². The molecule has 1 amide bonds. The van der Waals surface area contributed by atoms with Crippen LogP contribution >= 0.6 is 0 Å². The number of methoxy groups -OCH3 is 1. The van der Waals surface area contributed by atoms with Crippen molar-refractivity contribution in [1.82, 2.24) is 0 Å². The quantitative estimate of drug-likeness (QED) is 0.474. The summed E-state index contributed by atoms with van der Waals surface area (Å²) >= 11 is 0. The lowest BCUT2D eigenvalue weighted by molar-refractivity contribution is -0.384. The highest BCUT2D eigenvalue weighted by Gasteiger charge is 2.27. The maximum atomic E-state index is 12.6. The fraction of sp³-hybridized carbons (Fsp3) is 0.222. The normalized spacial score (nSPS) is 13.3. The van der Waals surface area contributed by atoms with Gasteiger partial charge in [0.15, 0.2) is 5.78 Å². The van der Waals surface area contributed by atoms with Crippen molar-refractivity contribution in [3.63, 3.8) is 0 Å². The maximum absolute atomic E-state index is 12.6. The van der Waals surface area contributed by atoms with Gasteiger partial charge in [-0.25, -0.2) is 0 Å². The Bertz CT molecular complexity index is 862. The van der Waals surface area contributed by atoms with Crippen LogP contribution in [-0.2, 0) is 11.2 Å². The first kappa shape index (κ1) is 16.6. The Morgan fingerprint density at radius 3 is 2.76 bits per heavy atom. The number of non-ortho nitro benzene ring substituents is 1. The number of nitro groups is 1. The number of hydrogen-bond donors (Lipinski definition) is 0. The van der Waals surface area contributed by atoms with Crippen molar-refractivity contribution in [3.05, 3.63) is 63.7 Å². The number of ether oxygens (including phenoxy) is 1. The van der Waals surface area contributed by atoms with Gasteiger partial charge in [-0.05, 0) is 30.2 Å². The van der Waals surface area contributed by atoms with Crippen LogP contribution in [0.2, 0.25) is 0 Å². The number of hydrogen-bond acceptors (Lipinski definition) is 5. The fourth-order valence-corrected chi connectivity index (χ4v) is 2.86. The summed E-state index contributed by atoms with van der Waals surface area (Å²) in [6.07, 6.45) is 0.652. The first-order valence-electron chi connectivity index (χ1n) is 7.74. The largest absolute Gasteiger partial charge is 0.497 e. The molecule has 0 atom stereocenters. The molecule has 0 saturated heterocycles. The van der Waals surface area contributed by atoms with Gasteiger partial charge in [0.1, 0.15) is 5.75 Å². The van der Waals surface area contributed by atoms with E-state index < -0.39 is 4.92 Å². The summed E-state index contributed by atoms with van der Waals surface area (Å²) in [4.78, 5) is 36.7. The highest BCUT2D eigenvalue weighted by Crippen LogP contribution is 2.31. The second-order valence-electron chi connectivity index (χ2n) is 5.71. The highest BCUT2D eigenvalue weighted by molar-refractivity contribution is 6.06. The minimum absolute atomic E-state index is 0.0211. The van der Waals surface area contributed by atoms with Gasteiger partial charge in [-0.2, -0.15) is 0 Å². The Kier molecular flexibility index (Phi) is 4.47. The number of fused-ring (bicyclic) bond motifs is 1. The smallest absolute Gasteiger partial charge is 0.269 e. The van der Waals surface area contributed by atoms with Gasteiger partial charge >= 0.3 is 0 Å². The molecule has 3 rings (SSSR count). The van der Waals surface area contributed by atoms with Crippen LogP contribution in [0.4, 0.5) is 11.4 Å². The molecule has 0 aliphatic carbocycles. The van der Waals surface area contributed by atoms with Crippen LogP contribution in [0, 0.1) is 10.1 Å². The monoisotopic (exact) mass is 340 g/mol. The van der Waals surface area contributed by atoms with Crippen LogP contribution < -0.4 is 9.64 Å². The van der Waals surface area contributed by atoms with Crippen molar-refractivity contribution >= 4 is 23.1 Å². The molecule has 1 aliphatic heterocycles. The van der Waals surface area contributed by atoms with E-state index >= 15 is 0 Å². The molecule has 0 radical (unpaired) electrons. The Labute approximate surface area is 144 Å². The van der Waals surface area contributed by atoms with Crippen molar-refractivity contribution < 1.29 is 19.2 Å². The van der Waals surface area contributed by atoms with E-state index in [1.165, 1.54) is 30.2 Å². The summed E-state index contributed by atoms with van der Waals surface area (Å²) in [6.45, 7) is -0.114. The molecule has 2 aromatic rings. The number of benzene rings is 2. The van der Waals surface area contributed by atoms with Gasteiger partial charge in [0, 0.05) is 29.8 Å². The Morgan fingerprint density at radius 1 is 1.24 bits per heavy atom. The summed E-state index contributed by atoms with van der Waals surface area (Å²) in [6, 6.07) is 11.1. The van der Waals surface area contributed by atoms with E-state index in [1.54, 1.807) is 24.3 Å². The molecule has 1 heterocycles. The lowest BCUT2D eigenvalue weighted by atomic mass is 9.99. The highest BCUT2D eigenvalue weighted by atomic mass is 16.6. The fourth-order valence-electron chi connectivity index (χ4n) is 2.86. The lowest BCUT2D eigenvalue weighted by Gasteiger charge is -2.28. The second-order valence-corrected chi connectivity index (χ2v) is 5.71. The number of anilines is 1. The standard InChI is InChI=1S/C18H16N2O5/c1-25-15-4-2-3-13(10-15)17(21)11-19-16-7-6-14(20(23)24)9-12(16)5-8-18(19)22/h2-4,6-7,9-10H,5,8,11H2,1H3. The molecular formula is C18H16N2O5. The summed E-state index contributed by atoms with van der Waals surface area (Å²) in [5.74, 6) is 0.169. The maximum Gasteiger partial charge on any atom is 0.269 e. The number of nitro benzene ring substituents is 1. The van der Waals surface area contributed by atoms with E-state index in [0.717, 1.165) is 0 Å². The molecule has 1 aliphatic rings. The summed E-state index contributed by atoms with van der Waals surface area (Å²) in [7, 11) is 1.51. The van der Waals surface area contributed by atoms with Crippen molar-refractivity contribution in [2.24, 2.45) is 0 Å². The molecule has 0 aromatic heterocycles. The number of rotatable bonds is 5. The first-order chi connectivity index (χ1) is 12.0. The molecule has 7 heteroatoms. The minimum Gasteiger partial charge on any atom is -0.497 e. The van der Waals surface area contributed by atoms with Crippen LogP contribution in [-0.4, -0.2) is 30.3 Å². The van der Waals surface area contributed by atoms with E-state index in [0.29, 0.717) is 29.0 Å². The molecule has 128 valence electrons. The number of carbonyl (C=O) groups is 2. The summed E-state index contributed by atoms with van der Waals surface area (Å²) < 4.78 is 5.11. The van der Waals surface area contributed by atoms with Gasteiger partial charge in [0.05, 0.1) is 18.6 Å². The molecule has 0 unspecified atom stereocenters. The van der Waals surface area contributed by atoms with Gasteiger partial charge < -0.3 is 9.64 Å². The molecule has 0 N–H and O–H groups in total. The molecule has 0 bridgehead atoms. The van der Waals surface area contributed by atoms with E-state index in [4.69, 9.17) is 4.74 Å². The third-order valence-electron chi connectivity index (χ3n) is 4.17. The number of nitrogens with zero attached hydrogens (tertiary/aromatic N) is 2. The average Bonchev–Trinajstić information content (AvgIpc) is 2.63. The Balaban J connectivity index is 1.88. The van der Waals surface area contributed by atoms with Gasteiger partial charge in [-0.15, -0.1) is 0 Å². The van der Waals surface area contributed by atoms with E-state index in [-0.39, 0.29) is 30.3 Å². The summed E-state index contributed by atoms with van der Waals surface area (Å²) in [5, 5.41) is 10.9. The van der Waals surface area contributed by atoms with E-state index in [1.807, 2.05) is 0 Å². The minimum atomic E-state index is -0.470. The number of aryl methyl sites for hydroxylation is 1. The third kappa shape index (κ3) is 3.35. The van der Waals surface area contributed by atoms with Crippen LogP contribution in [0.1, 0.15) is 22.3 Å². The predicted octanol–water partition coefficient (Wildman–Crippen LogP) is 2.77. The molecular weight excluding hydrogens is 324 g/mol. The number of Topliss-reactive ketones (excluding diaryl/α,β-unsaturated/α-hetero) is 1. The zero-order chi connectivity index (χ0) is 18.0. The van der Waals surface area contributed by atoms with E-state index in [2.05, 4.69) is 0 Å². The Morgan fingerprint density at radius 2 is 2.04 bits per heavy atom. The third-order valence-corrected chi connectivity index (χ3v) is 4.17. The van der Waals surface area contributed by atoms with Crippen LogP contribution in [0.15, 0.2) is 42.5 Å². The van der Waals surface area contributed by atoms with Crippen molar-refractivity contribution in [1.29, 1.82) is 0 Å². The molecule has 25 heavy (non-hydrogen) atoms. The first-order valence-corrected chi connectivity index (χ1v) is 7.74. The summed E-state index contributed by atoms with van der Waals surface area (Å²) in [5.41, 5.74) is 1.68. The van der Waals surface area contributed by atoms with Crippen molar-refractivity contribution in [2.75, 3.05) is 18.6 Å². The molecule has 0 fully saturated rings. The topological polar surface area (TPSA) is 89.8 Å². The number of carbonyl (C=O) groups excluding carboxylic acids is 2. The van der Waals surface area contributed by atoms with E-state index in [9.17, 15) is 19.7 Å². The molecule has 2 aromatic carbocycles. The average molecular weight is 340 g/mol. The van der Waals surface area contributed by atoms with Crippen LogP contribution in [0.3, 0.4) is 0 Å². The van der Waals surface area contributed by atoms with Gasteiger partial charge in [0.25, 0.3) is 5.69 Å². The SMILES string of the molecule is COc1cccc(C(=O)CN2C(=O)CCc3cc([N+](=O)[O-])ccc32)c1. The number of amides is 1. The van der Waals surface area contributed by atoms with Gasteiger partial charge in [-0.1, -0.05) is 12.1 Å². The lowest BCUT2D eigenvalue weighted by Crippen LogP contribution is -2.39. The van der Waals surface area contributed by atoms with Gasteiger partial charge in [0.2, 0.25) is 5.91 Å². The molecule has 0 saturated carbocycles. The van der Waals surface area contributed by atoms with Crippen LogP contribution in [0.5, 0.6) is 5.75 Å². The predicted molar refractivity (Wildman–Crippen MR) is 91.1 cm³/mol.